The first-order chi connectivity index (χ1) is 7.20. The van der Waals surface area contributed by atoms with Gasteiger partial charge in [-0.3, -0.25) is 0 Å². The van der Waals surface area contributed by atoms with Crippen molar-refractivity contribution in [1.82, 2.24) is 10.1 Å². The predicted octanol–water partition coefficient (Wildman–Crippen LogP) is 1.98. The van der Waals surface area contributed by atoms with Crippen LogP contribution in [0.1, 0.15) is 0 Å². The summed E-state index contributed by atoms with van der Waals surface area (Å²) in [5.74, 6) is 0.953. The zero-order chi connectivity index (χ0) is 10.8. The van der Waals surface area contributed by atoms with Crippen molar-refractivity contribution in [2.45, 2.75) is 0 Å². The first kappa shape index (κ1) is 9.79. The van der Waals surface area contributed by atoms with Crippen molar-refractivity contribution < 1.29 is 9.26 Å². The Morgan fingerprint density at radius 2 is 2.27 bits per heavy atom. The van der Waals surface area contributed by atoms with Gasteiger partial charge in [0.2, 0.25) is 0 Å². The molecule has 2 rings (SSSR count). The maximum atomic E-state index is 5.82. The minimum Gasteiger partial charge on any atom is -0.496 e. The molecule has 15 heavy (non-hydrogen) atoms. The van der Waals surface area contributed by atoms with Crippen LogP contribution in [0.3, 0.4) is 0 Å². The Hall–Kier alpha value is -1.75. The quantitative estimate of drug-likeness (QED) is 0.846. The Kier molecular flexibility index (Phi) is 2.47. The van der Waals surface area contributed by atoms with Crippen LogP contribution in [0.5, 0.6) is 5.75 Å². The normalized spacial score (nSPS) is 10.3. The Balaban J connectivity index is 2.52. The van der Waals surface area contributed by atoms with E-state index in [1.54, 1.807) is 18.2 Å². The van der Waals surface area contributed by atoms with Crippen LogP contribution in [0, 0.1) is 0 Å². The van der Waals surface area contributed by atoms with Crippen LogP contribution in [0.15, 0.2) is 22.7 Å². The van der Waals surface area contributed by atoms with Crippen molar-refractivity contribution in [3.63, 3.8) is 0 Å². The van der Waals surface area contributed by atoms with E-state index in [0.717, 1.165) is 0 Å². The number of ether oxygens (including phenoxy) is 1. The molecule has 2 aromatic rings. The lowest BCUT2D eigenvalue weighted by Crippen LogP contribution is -1.89. The molecule has 0 fully saturated rings. The summed E-state index contributed by atoms with van der Waals surface area (Å²) in [6, 6.07) is 5.10. The molecule has 0 aliphatic carbocycles. The molecule has 0 spiro atoms. The van der Waals surface area contributed by atoms with Gasteiger partial charge in [-0.25, -0.2) is 0 Å². The number of benzene rings is 1. The molecule has 1 aromatic heterocycles. The van der Waals surface area contributed by atoms with Crippen molar-refractivity contribution in [1.29, 1.82) is 0 Å². The van der Waals surface area contributed by atoms with E-state index in [1.807, 2.05) is 0 Å². The lowest BCUT2D eigenvalue weighted by molar-refractivity contribution is 0.405. The number of methoxy groups -OCH3 is 1. The van der Waals surface area contributed by atoms with Crippen molar-refractivity contribution in [2.24, 2.45) is 0 Å². The lowest BCUT2D eigenvalue weighted by Gasteiger charge is -2.04. The molecule has 0 radical (unpaired) electrons. The number of hydrogen-bond acceptors (Lipinski definition) is 5. The number of aromatic nitrogens is 2. The Labute approximate surface area is 90.8 Å². The number of nitrogens with two attached hydrogens (primary N) is 1. The molecule has 0 amide bonds. The molecule has 0 unspecified atom stereocenters. The Morgan fingerprint density at radius 3 is 2.87 bits per heavy atom. The maximum absolute atomic E-state index is 5.82. The first-order valence-electron chi connectivity index (χ1n) is 4.14. The van der Waals surface area contributed by atoms with E-state index < -0.39 is 0 Å². The molecule has 0 atom stereocenters. The fourth-order valence-corrected chi connectivity index (χ4v) is 1.35. The molecular weight excluding hydrogens is 218 g/mol. The van der Waals surface area contributed by atoms with Crippen molar-refractivity contribution in [3.8, 4) is 17.2 Å². The molecule has 1 heterocycles. The third-order valence-corrected chi connectivity index (χ3v) is 2.07. The Bertz CT molecular complexity index is 484. The number of halogens is 1. The lowest BCUT2D eigenvalue weighted by atomic mass is 10.2. The molecule has 5 nitrogen and oxygen atoms in total. The van der Waals surface area contributed by atoms with Crippen LogP contribution in [0.2, 0.25) is 5.02 Å². The van der Waals surface area contributed by atoms with E-state index in [1.165, 1.54) is 7.11 Å². The molecule has 0 aliphatic rings. The van der Waals surface area contributed by atoms with Gasteiger partial charge < -0.3 is 15.0 Å². The van der Waals surface area contributed by atoms with E-state index in [-0.39, 0.29) is 5.95 Å². The van der Waals surface area contributed by atoms with Crippen LogP contribution in [0.25, 0.3) is 11.5 Å². The van der Waals surface area contributed by atoms with Gasteiger partial charge in [0.05, 0.1) is 12.7 Å². The van der Waals surface area contributed by atoms with Gasteiger partial charge in [-0.1, -0.05) is 11.6 Å². The molecule has 0 bridgehead atoms. The predicted molar refractivity (Wildman–Crippen MR) is 55.7 cm³/mol. The van der Waals surface area contributed by atoms with E-state index >= 15 is 0 Å². The summed E-state index contributed by atoms with van der Waals surface area (Å²) >= 11 is 5.82. The van der Waals surface area contributed by atoms with Gasteiger partial charge in [0.25, 0.3) is 11.8 Å². The number of rotatable bonds is 2. The van der Waals surface area contributed by atoms with E-state index in [4.69, 9.17) is 26.6 Å². The summed E-state index contributed by atoms with van der Waals surface area (Å²) in [7, 11) is 1.54. The minimum absolute atomic E-state index is 0.0852. The maximum Gasteiger partial charge on any atom is 0.263 e. The summed E-state index contributed by atoms with van der Waals surface area (Å²) in [5.41, 5.74) is 6.01. The van der Waals surface area contributed by atoms with E-state index in [0.29, 0.717) is 22.2 Å². The molecule has 0 saturated heterocycles. The SMILES string of the molecule is COc1cc(Cl)ccc1-c1nc(N)no1. The van der Waals surface area contributed by atoms with Crippen molar-refractivity contribution in [3.05, 3.63) is 23.2 Å². The summed E-state index contributed by atoms with van der Waals surface area (Å²) < 4.78 is 10.1. The minimum atomic E-state index is 0.0852. The highest BCUT2D eigenvalue weighted by Gasteiger charge is 2.12. The van der Waals surface area contributed by atoms with Gasteiger partial charge in [0.15, 0.2) is 0 Å². The van der Waals surface area contributed by atoms with E-state index in [9.17, 15) is 0 Å². The smallest absolute Gasteiger partial charge is 0.263 e. The third kappa shape index (κ3) is 1.87. The average Bonchev–Trinajstić information content (AvgIpc) is 2.64. The standard InChI is InChI=1S/C9H8ClN3O2/c1-14-7-4-5(10)2-3-6(7)8-12-9(11)13-15-8/h2-4H,1H3,(H2,11,13). The third-order valence-electron chi connectivity index (χ3n) is 1.84. The van der Waals surface area contributed by atoms with Gasteiger partial charge >= 0.3 is 0 Å². The molecule has 78 valence electrons. The van der Waals surface area contributed by atoms with Gasteiger partial charge in [-0.2, -0.15) is 4.98 Å². The summed E-state index contributed by atoms with van der Waals surface area (Å²) in [4.78, 5) is 3.90. The monoisotopic (exact) mass is 225 g/mol. The zero-order valence-corrected chi connectivity index (χ0v) is 8.65. The van der Waals surface area contributed by atoms with Crippen LogP contribution in [-0.2, 0) is 0 Å². The molecule has 0 aliphatic heterocycles. The number of anilines is 1. The highest BCUT2D eigenvalue weighted by Crippen LogP contribution is 2.31. The molecule has 0 saturated carbocycles. The average molecular weight is 226 g/mol. The second-order valence-electron chi connectivity index (χ2n) is 2.80. The first-order valence-corrected chi connectivity index (χ1v) is 4.51. The van der Waals surface area contributed by atoms with Crippen molar-refractivity contribution >= 4 is 17.5 Å². The van der Waals surface area contributed by atoms with Gasteiger partial charge in [0, 0.05) is 5.02 Å². The van der Waals surface area contributed by atoms with Gasteiger partial charge in [0.1, 0.15) is 5.75 Å². The summed E-state index contributed by atoms with van der Waals surface area (Å²) in [6.07, 6.45) is 0. The second-order valence-corrected chi connectivity index (χ2v) is 3.24. The summed E-state index contributed by atoms with van der Waals surface area (Å²) in [5, 5.41) is 4.07. The highest BCUT2D eigenvalue weighted by molar-refractivity contribution is 6.30. The molecule has 2 N–H and O–H groups in total. The van der Waals surface area contributed by atoms with Crippen LogP contribution in [0.4, 0.5) is 5.95 Å². The van der Waals surface area contributed by atoms with Gasteiger partial charge in [-0.05, 0) is 23.4 Å². The fourth-order valence-electron chi connectivity index (χ4n) is 1.19. The topological polar surface area (TPSA) is 74.2 Å². The zero-order valence-electron chi connectivity index (χ0n) is 7.90. The van der Waals surface area contributed by atoms with Crippen LogP contribution >= 0.6 is 11.6 Å². The van der Waals surface area contributed by atoms with Gasteiger partial charge in [-0.15, -0.1) is 0 Å². The molecular formula is C9H8ClN3O2. The van der Waals surface area contributed by atoms with Crippen LogP contribution in [-0.4, -0.2) is 17.3 Å². The highest BCUT2D eigenvalue weighted by atomic mass is 35.5. The Morgan fingerprint density at radius 1 is 1.47 bits per heavy atom. The summed E-state index contributed by atoms with van der Waals surface area (Å²) in [6.45, 7) is 0. The molecule has 6 heteroatoms. The number of hydrogen-bond donors (Lipinski definition) is 1. The molecule has 1 aromatic carbocycles. The van der Waals surface area contributed by atoms with Crippen LogP contribution < -0.4 is 10.5 Å². The van der Waals surface area contributed by atoms with Crippen molar-refractivity contribution in [2.75, 3.05) is 12.8 Å². The second kappa shape index (κ2) is 3.78. The number of nitrogens with zero attached hydrogens (tertiary/aromatic N) is 2. The van der Waals surface area contributed by atoms with E-state index in [2.05, 4.69) is 10.1 Å². The largest absolute Gasteiger partial charge is 0.496 e. The fraction of sp³-hybridized carbons (Fsp3) is 0.111. The number of nitrogen functional groups attached to an aromatic ring is 1.